The number of rotatable bonds is 7. The zero-order chi connectivity index (χ0) is 18.4. The number of aliphatic imine (C=N–C) groups is 1. The van der Waals surface area contributed by atoms with Gasteiger partial charge < -0.3 is 4.74 Å². The minimum atomic E-state index is -4.80. The molecule has 1 aromatic carbocycles. The summed E-state index contributed by atoms with van der Waals surface area (Å²) in [4.78, 5) is 17.6. The van der Waals surface area contributed by atoms with Gasteiger partial charge in [-0.15, -0.1) is 0 Å². The van der Waals surface area contributed by atoms with Crippen molar-refractivity contribution in [1.29, 1.82) is 0 Å². The van der Waals surface area contributed by atoms with E-state index >= 15 is 0 Å². The predicted molar refractivity (Wildman–Crippen MR) is 90.2 cm³/mol. The first-order valence-electron chi connectivity index (χ1n) is 8.29. The van der Waals surface area contributed by atoms with E-state index in [0.29, 0.717) is 6.54 Å². The van der Waals surface area contributed by atoms with Gasteiger partial charge in [-0.3, -0.25) is 14.7 Å². The van der Waals surface area contributed by atoms with E-state index in [1.807, 2.05) is 24.3 Å². The zero-order valence-corrected chi connectivity index (χ0v) is 14.5. The number of Topliss-reactive ketones (excluding diaryl/α,β-unsaturated/α-hetero) is 1. The van der Waals surface area contributed by atoms with E-state index in [0.717, 1.165) is 37.2 Å². The van der Waals surface area contributed by atoms with Crippen molar-refractivity contribution in [3.8, 4) is 5.75 Å². The van der Waals surface area contributed by atoms with Crippen LogP contribution in [-0.2, 0) is 4.79 Å². The number of ether oxygens (including phenoxy) is 1. The van der Waals surface area contributed by atoms with Crippen LogP contribution in [0.25, 0.3) is 0 Å². The minimum Gasteiger partial charge on any atom is -0.497 e. The van der Waals surface area contributed by atoms with Crippen LogP contribution in [0.15, 0.2) is 29.3 Å². The smallest absolute Gasteiger partial charge is 0.450 e. The van der Waals surface area contributed by atoms with Crippen LogP contribution in [-0.4, -0.2) is 49.3 Å². The molecule has 0 radical (unpaired) electrons. The molecule has 0 bridgehead atoms. The number of carbonyl (C=O) groups excluding carboxylic acids is 1. The van der Waals surface area contributed by atoms with Gasteiger partial charge in [0.15, 0.2) is 0 Å². The lowest BCUT2D eigenvalue weighted by Gasteiger charge is -2.27. The highest BCUT2D eigenvalue weighted by molar-refractivity contribution is 6.03. The van der Waals surface area contributed by atoms with Crippen molar-refractivity contribution in [2.75, 3.05) is 26.7 Å². The van der Waals surface area contributed by atoms with Gasteiger partial charge in [-0.05, 0) is 50.6 Å². The Kier molecular flexibility index (Phi) is 6.58. The Bertz CT molecular complexity index is 606. The van der Waals surface area contributed by atoms with Gasteiger partial charge in [0.2, 0.25) is 5.78 Å². The van der Waals surface area contributed by atoms with Gasteiger partial charge in [0.1, 0.15) is 5.75 Å². The maximum absolute atomic E-state index is 12.4. The summed E-state index contributed by atoms with van der Waals surface area (Å²) in [6.07, 6.45) is -3.29. The summed E-state index contributed by atoms with van der Waals surface area (Å²) in [6.45, 7) is 3.68. The number of alkyl halides is 3. The zero-order valence-electron chi connectivity index (χ0n) is 14.5. The minimum absolute atomic E-state index is 0.00987. The number of benzene rings is 1. The fraction of sp³-hybridized carbons (Fsp3) is 0.556. The Balaban J connectivity index is 2.10. The average Bonchev–Trinajstić information content (AvgIpc) is 3.09. The molecule has 0 saturated carbocycles. The number of ketones is 1. The normalized spacial score (nSPS) is 17.6. The van der Waals surface area contributed by atoms with Crippen LogP contribution in [0.1, 0.15) is 37.8 Å². The van der Waals surface area contributed by atoms with E-state index in [2.05, 4.69) is 9.89 Å². The Labute approximate surface area is 145 Å². The molecule has 0 amide bonds. The molecule has 1 aliphatic heterocycles. The molecule has 0 N–H and O–H groups in total. The van der Waals surface area contributed by atoms with Crippen LogP contribution >= 0.6 is 0 Å². The highest BCUT2D eigenvalue weighted by Gasteiger charge is 2.38. The monoisotopic (exact) mass is 356 g/mol. The van der Waals surface area contributed by atoms with Crippen molar-refractivity contribution in [3.63, 3.8) is 0 Å². The predicted octanol–water partition coefficient (Wildman–Crippen LogP) is 3.81. The lowest BCUT2D eigenvalue weighted by Crippen LogP contribution is -2.28. The molecule has 2 rings (SSSR count). The van der Waals surface area contributed by atoms with E-state index < -0.39 is 18.4 Å². The summed E-state index contributed by atoms with van der Waals surface area (Å²) in [7, 11) is 1.60. The summed E-state index contributed by atoms with van der Waals surface area (Å²) < 4.78 is 42.3. The first-order valence-corrected chi connectivity index (χ1v) is 8.29. The van der Waals surface area contributed by atoms with E-state index in [9.17, 15) is 18.0 Å². The maximum atomic E-state index is 12.4. The van der Waals surface area contributed by atoms with Crippen molar-refractivity contribution < 1.29 is 22.7 Å². The number of carbonyl (C=O) groups is 1. The Hall–Kier alpha value is -1.89. The van der Waals surface area contributed by atoms with Crippen LogP contribution in [0.4, 0.5) is 13.2 Å². The van der Waals surface area contributed by atoms with Gasteiger partial charge >= 0.3 is 6.18 Å². The largest absolute Gasteiger partial charge is 0.497 e. The van der Waals surface area contributed by atoms with Crippen LogP contribution < -0.4 is 4.74 Å². The van der Waals surface area contributed by atoms with Gasteiger partial charge in [-0.25, -0.2) is 0 Å². The summed E-state index contributed by atoms with van der Waals surface area (Å²) in [5.41, 5.74) is 1.25. The van der Waals surface area contributed by atoms with E-state index in [4.69, 9.17) is 4.74 Å². The number of hydrogen-bond acceptors (Lipinski definition) is 4. The molecule has 1 saturated heterocycles. The molecule has 25 heavy (non-hydrogen) atoms. The van der Waals surface area contributed by atoms with Crippen LogP contribution in [0.5, 0.6) is 5.75 Å². The first-order chi connectivity index (χ1) is 11.8. The fourth-order valence-corrected chi connectivity index (χ4v) is 2.94. The first kappa shape index (κ1) is 19.4. The SMILES string of the molecule is COc1ccc([C@H](CN=C(C)CC(=O)C(F)(F)F)N2CCCC2)cc1. The summed E-state index contributed by atoms with van der Waals surface area (Å²) >= 11 is 0. The van der Waals surface area contributed by atoms with E-state index in [-0.39, 0.29) is 11.8 Å². The van der Waals surface area contributed by atoms with Gasteiger partial charge in [0.05, 0.1) is 26.1 Å². The summed E-state index contributed by atoms with van der Waals surface area (Å²) in [5.74, 6) is -1.00. The van der Waals surface area contributed by atoms with E-state index in [1.165, 1.54) is 6.92 Å². The number of halogens is 3. The van der Waals surface area contributed by atoms with Crippen molar-refractivity contribution in [3.05, 3.63) is 29.8 Å². The molecule has 1 aromatic rings. The standard InChI is InChI=1S/C18H23F3N2O2/c1-13(11-17(24)18(19,20)21)22-12-16(23-9-3-4-10-23)14-5-7-15(25-2)8-6-14/h5-8,16H,3-4,9-12H2,1-2H3/t16-/m0/s1. The van der Waals surface area contributed by atoms with Crippen molar-refractivity contribution in [2.45, 2.75) is 38.4 Å². The topological polar surface area (TPSA) is 41.9 Å². The van der Waals surface area contributed by atoms with Crippen LogP contribution in [0, 0.1) is 0 Å². The molecular formula is C18H23F3N2O2. The molecule has 4 nitrogen and oxygen atoms in total. The van der Waals surface area contributed by atoms with Gasteiger partial charge in [0, 0.05) is 5.71 Å². The summed E-state index contributed by atoms with van der Waals surface area (Å²) in [5, 5.41) is 0. The number of hydrogen-bond donors (Lipinski definition) is 0. The quantitative estimate of drug-likeness (QED) is 0.698. The van der Waals surface area contributed by atoms with Gasteiger partial charge in [-0.1, -0.05) is 12.1 Å². The molecule has 7 heteroatoms. The molecule has 1 heterocycles. The molecule has 0 aromatic heterocycles. The average molecular weight is 356 g/mol. The Morgan fingerprint density at radius 1 is 1.24 bits per heavy atom. The van der Waals surface area contributed by atoms with Crippen molar-refractivity contribution >= 4 is 11.5 Å². The second kappa shape index (κ2) is 8.47. The lowest BCUT2D eigenvalue weighted by atomic mass is 10.1. The van der Waals surface area contributed by atoms with Gasteiger partial charge in [-0.2, -0.15) is 13.2 Å². The molecule has 138 valence electrons. The third-order valence-corrected chi connectivity index (χ3v) is 4.35. The highest BCUT2D eigenvalue weighted by atomic mass is 19.4. The van der Waals surface area contributed by atoms with Crippen molar-refractivity contribution in [1.82, 2.24) is 4.90 Å². The van der Waals surface area contributed by atoms with E-state index in [1.54, 1.807) is 7.11 Å². The fourth-order valence-electron chi connectivity index (χ4n) is 2.94. The third-order valence-electron chi connectivity index (χ3n) is 4.35. The molecule has 0 unspecified atom stereocenters. The summed E-state index contributed by atoms with van der Waals surface area (Å²) in [6, 6.07) is 7.62. The van der Waals surface area contributed by atoms with Crippen LogP contribution in [0.2, 0.25) is 0 Å². The van der Waals surface area contributed by atoms with Crippen molar-refractivity contribution in [2.24, 2.45) is 4.99 Å². The Morgan fingerprint density at radius 3 is 2.36 bits per heavy atom. The lowest BCUT2D eigenvalue weighted by molar-refractivity contribution is -0.169. The number of likely N-dealkylation sites (tertiary alicyclic amines) is 1. The van der Waals surface area contributed by atoms with Crippen LogP contribution in [0.3, 0.4) is 0 Å². The molecule has 0 spiro atoms. The molecule has 1 aliphatic rings. The molecule has 1 atom stereocenters. The molecule has 0 aliphatic carbocycles. The number of methoxy groups -OCH3 is 1. The highest BCUT2D eigenvalue weighted by Crippen LogP contribution is 2.27. The second-order valence-electron chi connectivity index (χ2n) is 6.21. The second-order valence-corrected chi connectivity index (χ2v) is 6.21. The number of nitrogens with zero attached hydrogens (tertiary/aromatic N) is 2. The Morgan fingerprint density at radius 2 is 1.84 bits per heavy atom. The van der Waals surface area contributed by atoms with Gasteiger partial charge in [0.25, 0.3) is 0 Å². The third kappa shape index (κ3) is 5.56. The molecule has 1 fully saturated rings. The molecular weight excluding hydrogens is 333 g/mol. The maximum Gasteiger partial charge on any atom is 0.450 e.